The Hall–Kier alpha value is -2.34. The van der Waals surface area contributed by atoms with Crippen molar-refractivity contribution >= 4 is 28.3 Å². The third-order valence-corrected chi connectivity index (χ3v) is 7.48. The minimum absolute atomic E-state index is 0.0969. The molecule has 2 amide bonds. The monoisotopic (exact) mass is 396 g/mol. The van der Waals surface area contributed by atoms with Gasteiger partial charge in [0.1, 0.15) is 5.82 Å². The molecule has 4 nitrogen and oxygen atoms in total. The van der Waals surface area contributed by atoms with Crippen LogP contribution in [0, 0.1) is 36.4 Å². The van der Waals surface area contributed by atoms with E-state index in [4.69, 9.17) is 0 Å². The highest BCUT2D eigenvalue weighted by molar-refractivity contribution is 7.16. The van der Waals surface area contributed by atoms with Crippen molar-refractivity contribution in [2.45, 2.75) is 33.6 Å². The Balaban J connectivity index is 1.52. The van der Waals surface area contributed by atoms with Crippen LogP contribution in [0.1, 0.15) is 31.6 Å². The van der Waals surface area contributed by atoms with E-state index in [2.05, 4.69) is 18.8 Å². The lowest BCUT2D eigenvalue weighted by Gasteiger charge is -2.18. The molecule has 0 radical (unpaired) electrons. The number of thiazole rings is 1. The summed E-state index contributed by atoms with van der Waals surface area (Å²) in [5.41, 5.74) is 4.09. The molecule has 1 aliphatic heterocycles. The lowest BCUT2D eigenvalue weighted by molar-refractivity contribution is -0.123. The molecule has 3 aliphatic rings. The van der Waals surface area contributed by atoms with Crippen LogP contribution < -0.4 is 4.90 Å². The molecule has 2 heterocycles. The van der Waals surface area contributed by atoms with Gasteiger partial charge in [0.2, 0.25) is 11.8 Å². The predicted octanol–water partition coefficient (Wildman–Crippen LogP) is 4.74. The van der Waals surface area contributed by atoms with Crippen LogP contribution in [-0.2, 0) is 9.59 Å². The van der Waals surface area contributed by atoms with Gasteiger partial charge >= 0.3 is 0 Å². The average Bonchev–Trinajstić information content (AvgIpc) is 3.37. The number of benzene rings is 1. The molecular weight excluding hydrogens is 375 g/mol. The normalized spacial score (nSPS) is 28.4. The molecule has 2 aromatic rings. The Morgan fingerprint density at radius 3 is 2.18 bits per heavy atom. The van der Waals surface area contributed by atoms with Crippen LogP contribution in [0.4, 0.5) is 9.52 Å². The lowest BCUT2D eigenvalue weighted by Crippen LogP contribution is -2.33. The van der Waals surface area contributed by atoms with E-state index in [1.807, 2.05) is 6.92 Å². The standard InChI is InChI=1S/C22H21FN2O2S/c1-10(2)16-14-8-9-15(16)18-17(14)20(26)25(21(18)27)22-24-19(11(3)28-22)12-4-6-13(23)7-5-12/h4-7,14-15,17-18H,8-9H2,1-3H3/t14-,15-,17-,18+/m1/s1. The Kier molecular flexibility index (Phi) is 3.85. The Labute approximate surface area is 167 Å². The van der Waals surface area contributed by atoms with E-state index in [-0.39, 0.29) is 41.3 Å². The fourth-order valence-electron chi connectivity index (χ4n) is 5.53. The second-order valence-electron chi connectivity index (χ2n) is 8.22. The molecule has 0 spiro atoms. The first kappa shape index (κ1) is 17.7. The molecule has 1 aromatic carbocycles. The SMILES string of the molecule is CC(C)=C1[C@H]2CC[C@H]1[C@H]1C(=O)N(c3nc(-c4ccc(F)cc4)c(C)s3)C(=O)[C@H]12. The highest BCUT2D eigenvalue weighted by atomic mass is 32.1. The van der Waals surface area contributed by atoms with Gasteiger partial charge in [-0.25, -0.2) is 14.3 Å². The van der Waals surface area contributed by atoms with E-state index >= 15 is 0 Å². The van der Waals surface area contributed by atoms with Crippen molar-refractivity contribution in [2.24, 2.45) is 23.7 Å². The van der Waals surface area contributed by atoms with Crippen LogP contribution in [0.25, 0.3) is 11.3 Å². The zero-order valence-corrected chi connectivity index (χ0v) is 16.8. The topological polar surface area (TPSA) is 50.3 Å². The van der Waals surface area contributed by atoms with Crippen molar-refractivity contribution in [1.82, 2.24) is 4.98 Å². The zero-order chi connectivity index (χ0) is 19.7. The minimum Gasteiger partial charge on any atom is -0.274 e. The van der Waals surface area contributed by atoms with Crippen molar-refractivity contribution in [3.63, 3.8) is 0 Å². The third-order valence-electron chi connectivity index (χ3n) is 6.52. The molecule has 6 heteroatoms. The van der Waals surface area contributed by atoms with Gasteiger partial charge in [0.25, 0.3) is 0 Å². The number of amides is 2. The maximum Gasteiger partial charge on any atom is 0.240 e. The fraction of sp³-hybridized carbons (Fsp3) is 0.409. The number of allylic oxidation sites excluding steroid dienone is 2. The number of carbonyl (C=O) groups excluding carboxylic acids is 2. The van der Waals surface area contributed by atoms with Gasteiger partial charge in [0.05, 0.1) is 17.5 Å². The highest BCUT2D eigenvalue weighted by Gasteiger charge is 2.64. The summed E-state index contributed by atoms with van der Waals surface area (Å²) in [4.78, 5) is 33.4. The minimum atomic E-state index is -0.305. The number of nitrogens with zero attached hydrogens (tertiary/aromatic N) is 2. The molecule has 2 aliphatic carbocycles. The number of hydrogen-bond donors (Lipinski definition) is 0. The summed E-state index contributed by atoms with van der Waals surface area (Å²) in [6, 6.07) is 6.13. The van der Waals surface area contributed by atoms with Crippen LogP contribution >= 0.6 is 11.3 Å². The number of carbonyl (C=O) groups is 2. The van der Waals surface area contributed by atoms with Crippen molar-refractivity contribution in [3.05, 3.63) is 46.1 Å². The van der Waals surface area contributed by atoms with Gasteiger partial charge in [-0.05, 0) is 69.7 Å². The van der Waals surface area contributed by atoms with Gasteiger partial charge in [-0.1, -0.05) is 11.1 Å². The average molecular weight is 396 g/mol. The molecule has 1 aromatic heterocycles. The largest absolute Gasteiger partial charge is 0.274 e. The summed E-state index contributed by atoms with van der Waals surface area (Å²) in [5.74, 6) is -0.539. The quantitative estimate of drug-likeness (QED) is 0.544. The van der Waals surface area contributed by atoms with E-state index in [0.29, 0.717) is 10.8 Å². The summed E-state index contributed by atoms with van der Waals surface area (Å²) in [5, 5.41) is 0.444. The molecule has 144 valence electrons. The van der Waals surface area contributed by atoms with Crippen LogP contribution in [0.2, 0.25) is 0 Å². The van der Waals surface area contributed by atoms with Crippen molar-refractivity contribution in [3.8, 4) is 11.3 Å². The Morgan fingerprint density at radius 2 is 1.64 bits per heavy atom. The smallest absolute Gasteiger partial charge is 0.240 e. The summed E-state index contributed by atoms with van der Waals surface area (Å²) in [6.07, 6.45) is 1.99. The maximum atomic E-state index is 13.3. The highest BCUT2D eigenvalue weighted by Crippen LogP contribution is 2.60. The zero-order valence-electron chi connectivity index (χ0n) is 16.0. The van der Waals surface area contributed by atoms with Gasteiger partial charge in [0.15, 0.2) is 5.13 Å². The van der Waals surface area contributed by atoms with Gasteiger partial charge in [-0.2, -0.15) is 0 Å². The van der Waals surface area contributed by atoms with E-state index < -0.39 is 0 Å². The van der Waals surface area contributed by atoms with Crippen molar-refractivity contribution < 1.29 is 14.0 Å². The Bertz CT molecular complexity index is 1000. The number of halogens is 1. The number of fused-ring (bicyclic) bond motifs is 5. The number of imide groups is 1. The molecule has 2 bridgehead atoms. The number of aryl methyl sites for hydroxylation is 1. The number of hydrogen-bond acceptors (Lipinski definition) is 4. The van der Waals surface area contributed by atoms with Gasteiger partial charge in [-0.3, -0.25) is 9.59 Å². The second kappa shape index (κ2) is 6.08. The summed E-state index contributed by atoms with van der Waals surface area (Å²) < 4.78 is 13.2. The van der Waals surface area contributed by atoms with Crippen molar-refractivity contribution in [2.75, 3.05) is 4.90 Å². The van der Waals surface area contributed by atoms with E-state index in [1.165, 1.54) is 39.5 Å². The molecule has 28 heavy (non-hydrogen) atoms. The molecule has 0 N–H and O–H groups in total. The van der Waals surface area contributed by atoms with Crippen LogP contribution in [0.5, 0.6) is 0 Å². The molecule has 0 unspecified atom stereocenters. The van der Waals surface area contributed by atoms with E-state index in [1.54, 1.807) is 12.1 Å². The third kappa shape index (κ3) is 2.30. The molecule has 4 atom stereocenters. The number of aromatic nitrogens is 1. The molecule has 5 rings (SSSR count). The summed E-state index contributed by atoms with van der Waals surface area (Å²) in [7, 11) is 0. The van der Waals surface area contributed by atoms with Gasteiger partial charge < -0.3 is 0 Å². The lowest BCUT2D eigenvalue weighted by atomic mass is 9.81. The molecular formula is C22H21FN2O2S. The predicted molar refractivity (Wildman–Crippen MR) is 106 cm³/mol. The van der Waals surface area contributed by atoms with Gasteiger partial charge in [0, 0.05) is 10.4 Å². The molecule has 2 saturated carbocycles. The second-order valence-corrected chi connectivity index (χ2v) is 9.40. The fourth-order valence-corrected chi connectivity index (χ4v) is 6.48. The Morgan fingerprint density at radius 1 is 1.07 bits per heavy atom. The van der Waals surface area contributed by atoms with E-state index in [0.717, 1.165) is 23.3 Å². The first-order valence-electron chi connectivity index (χ1n) is 9.67. The van der Waals surface area contributed by atoms with Crippen LogP contribution in [-0.4, -0.2) is 16.8 Å². The molecule has 3 fully saturated rings. The summed E-state index contributed by atoms with van der Waals surface area (Å²) in [6.45, 7) is 6.10. The first-order valence-corrected chi connectivity index (χ1v) is 10.5. The summed E-state index contributed by atoms with van der Waals surface area (Å²) >= 11 is 1.35. The van der Waals surface area contributed by atoms with Crippen LogP contribution in [0.15, 0.2) is 35.4 Å². The number of anilines is 1. The van der Waals surface area contributed by atoms with Crippen LogP contribution in [0.3, 0.4) is 0 Å². The maximum absolute atomic E-state index is 13.3. The number of rotatable bonds is 2. The first-order chi connectivity index (χ1) is 13.4. The van der Waals surface area contributed by atoms with E-state index in [9.17, 15) is 14.0 Å². The van der Waals surface area contributed by atoms with Crippen molar-refractivity contribution in [1.29, 1.82) is 0 Å². The molecule has 1 saturated heterocycles. The van der Waals surface area contributed by atoms with Gasteiger partial charge in [-0.15, -0.1) is 11.3 Å².